The van der Waals surface area contributed by atoms with Crippen LogP contribution in [0.15, 0.2) is 0 Å². The Hall–Kier alpha value is -0.940. The van der Waals surface area contributed by atoms with Gasteiger partial charge in [0.15, 0.2) is 0 Å². The number of nitrogens with one attached hydrogen (secondary N) is 1. The second-order valence-corrected chi connectivity index (χ2v) is 6.05. The van der Waals surface area contributed by atoms with Gasteiger partial charge in [0.2, 0.25) is 11.8 Å². The van der Waals surface area contributed by atoms with Crippen molar-refractivity contribution in [3.63, 3.8) is 0 Å². The normalized spacial score (nSPS) is 32.1. The van der Waals surface area contributed by atoms with Gasteiger partial charge >= 0.3 is 0 Å². The minimum absolute atomic E-state index is 0.0234. The fourth-order valence-corrected chi connectivity index (χ4v) is 2.98. The third-order valence-corrected chi connectivity index (χ3v) is 4.63. The molecule has 2 fully saturated rings. The summed E-state index contributed by atoms with van der Waals surface area (Å²) >= 11 is 0. The van der Waals surface area contributed by atoms with Crippen LogP contribution in [0.3, 0.4) is 0 Å². The highest BCUT2D eigenvalue weighted by Gasteiger charge is 2.43. The number of rotatable bonds is 6. The molecule has 20 heavy (non-hydrogen) atoms. The summed E-state index contributed by atoms with van der Waals surface area (Å²) in [6, 6.07) is 0.155. The predicted molar refractivity (Wildman–Crippen MR) is 76.1 cm³/mol. The van der Waals surface area contributed by atoms with Crippen molar-refractivity contribution in [2.75, 3.05) is 26.3 Å². The highest BCUT2D eigenvalue weighted by molar-refractivity contribution is 6.04. The van der Waals surface area contributed by atoms with Crippen LogP contribution in [-0.2, 0) is 14.3 Å². The Morgan fingerprint density at radius 2 is 1.95 bits per heavy atom. The van der Waals surface area contributed by atoms with E-state index in [0.717, 1.165) is 32.6 Å². The van der Waals surface area contributed by atoms with E-state index in [1.54, 1.807) is 0 Å². The average Bonchev–Trinajstić information content (AvgIpc) is 3.03. The smallest absolute Gasteiger partial charge is 0.232 e. The quantitative estimate of drug-likeness (QED) is 0.739. The van der Waals surface area contributed by atoms with Crippen LogP contribution >= 0.6 is 0 Å². The molecule has 0 spiro atoms. The number of likely N-dealkylation sites (tertiary alicyclic amines) is 1. The van der Waals surface area contributed by atoms with Crippen molar-refractivity contribution in [2.45, 2.75) is 39.7 Å². The van der Waals surface area contributed by atoms with Crippen LogP contribution < -0.4 is 5.32 Å². The lowest BCUT2D eigenvalue weighted by Gasteiger charge is -2.28. The maximum atomic E-state index is 12.2. The molecule has 2 aliphatic rings. The molecule has 2 heterocycles. The molecule has 0 aromatic rings. The number of imide groups is 1. The summed E-state index contributed by atoms with van der Waals surface area (Å²) in [4.78, 5) is 25.9. The first kappa shape index (κ1) is 15.4. The molecule has 5 nitrogen and oxygen atoms in total. The molecule has 2 aliphatic heterocycles. The van der Waals surface area contributed by atoms with E-state index >= 15 is 0 Å². The minimum atomic E-state index is -0.186. The first-order valence-electron chi connectivity index (χ1n) is 7.72. The summed E-state index contributed by atoms with van der Waals surface area (Å²) in [7, 11) is 0. The molecule has 2 saturated heterocycles. The summed E-state index contributed by atoms with van der Waals surface area (Å²) in [5.74, 6) is -0.0221. The summed E-state index contributed by atoms with van der Waals surface area (Å²) < 4.78 is 5.45. The number of carbonyl (C=O) groups excluding carboxylic acids is 2. The van der Waals surface area contributed by atoms with Crippen LogP contribution in [-0.4, -0.2) is 49.1 Å². The van der Waals surface area contributed by atoms with E-state index in [-0.39, 0.29) is 29.7 Å². The van der Waals surface area contributed by atoms with Crippen molar-refractivity contribution in [1.29, 1.82) is 0 Å². The zero-order chi connectivity index (χ0) is 14.7. The van der Waals surface area contributed by atoms with Gasteiger partial charge in [-0.05, 0) is 19.4 Å². The molecule has 1 N–H and O–H groups in total. The standard InChI is InChI=1S/C15H26N2O3/c1-4-6-16-13(12-5-7-20-9-12)8-17-14(18)10(2)11(3)15(17)19/h10-13,16H,4-9H2,1-3H3. The van der Waals surface area contributed by atoms with E-state index in [2.05, 4.69) is 12.2 Å². The van der Waals surface area contributed by atoms with Gasteiger partial charge in [-0.25, -0.2) is 0 Å². The molecule has 2 amide bonds. The van der Waals surface area contributed by atoms with Gasteiger partial charge in [-0.3, -0.25) is 14.5 Å². The predicted octanol–water partition coefficient (Wildman–Crippen LogP) is 1.03. The van der Waals surface area contributed by atoms with E-state index in [1.807, 2.05) is 13.8 Å². The maximum absolute atomic E-state index is 12.2. The van der Waals surface area contributed by atoms with Crippen LogP contribution in [0, 0.1) is 17.8 Å². The fourth-order valence-electron chi connectivity index (χ4n) is 2.98. The van der Waals surface area contributed by atoms with Gasteiger partial charge in [0.1, 0.15) is 0 Å². The van der Waals surface area contributed by atoms with Crippen molar-refractivity contribution < 1.29 is 14.3 Å². The first-order valence-corrected chi connectivity index (χ1v) is 7.72. The Morgan fingerprint density at radius 3 is 2.45 bits per heavy atom. The van der Waals surface area contributed by atoms with Gasteiger partial charge in [-0.1, -0.05) is 20.8 Å². The van der Waals surface area contributed by atoms with E-state index in [9.17, 15) is 9.59 Å². The molecule has 4 unspecified atom stereocenters. The molecule has 5 heteroatoms. The second-order valence-electron chi connectivity index (χ2n) is 6.05. The van der Waals surface area contributed by atoms with E-state index in [4.69, 9.17) is 4.74 Å². The van der Waals surface area contributed by atoms with Crippen LogP contribution in [0.4, 0.5) is 0 Å². The highest BCUT2D eigenvalue weighted by Crippen LogP contribution is 2.27. The second kappa shape index (κ2) is 6.68. The lowest BCUT2D eigenvalue weighted by atomic mass is 9.98. The Labute approximate surface area is 121 Å². The van der Waals surface area contributed by atoms with Crippen LogP contribution in [0.1, 0.15) is 33.6 Å². The number of ether oxygens (including phenoxy) is 1. The van der Waals surface area contributed by atoms with Crippen molar-refractivity contribution in [3.8, 4) is 0 Å². The third-order valence-electron chi connectivity index (χ3n) is 4.63. The molecule has 114 valence electrons. The molecular weight excluding hydrogens is 256 g/mol. The van der Waals surface area contributed by atoms with Crippen LogP contribution in [0.5, 0.6) is 0 Å². The molecular formula is C15H26N2O3. The number of hydrogen-bond acceptors (Lipinski definition) is 4. The number of nitrogens with zero attached hydrogens (tertiary/aromatic N) is 1. The Morgan fingerprint density at radius 1 is 1.30 bits per heavy atom. The number of hydrogen-bond donors (Lipinski definition) is 1. The lowest BCUT2D eigenvalue weighted by Crippen LogP contribution is -2.48. The molecule has 0 aromatic carbocycles. The van der Waals surface area contributed by atoms with E-state index < -0.39 is 0 Å². The average molecular weight is 282 g/mol. The van der Waals surface area contributed by atoms with Gasteiger partial charge in [0.25, 0.3) is 0 Å². The zero-order valence-electron chi connectivity index (χ0n) is 12.7. The Balaban J connectivity index is 2.03. The minimum Gasteiger partial charge on any atom is -0.381 e. The maximum Gasteiger partial charge on any atom is 0.232 e. The summed E-state index contributed by atoms with van der Waals surface area (Å²) in [6.07, 6.45) is 2.04. The van der Waals surface area contributed by atoms with Crippen LogP contribution in [0.25, 0.3) is 0 Å². The molecule has 2 rings (SSSR count). The molecule has 0 aromatic heterocycles. The monoisotopic (exact) mass is 282 g/mol. The highest BCUT2D eigenvalue weighted by atomic mass is 16.5. The molecule has 4 atom stereocenters. The third kappa shape index (κ3) is 3.04. The summed E-state index contributed by atoms with van der Waals surface area (Å²) in [5, 5.41) is 3.48. The number of amides is 2. The largest absolute Gasteiger partial charge is 0.381 e. The number of carbonyl (C=O) groups is 2. The van der Waals surface area contributed by atoms with E-state index in [0.29, 0.717) is 12.5 Å². The molecule has 0 aliphatic carbocycles. The topological polar surface area (TPSA) is 58.6 Å². The van der Waals surface area contributed by atoms with E-state index in [1.165, 1.54) is 4.90 Å². The van der Waals surface area contributed by atoms with Gasteiger partial charge < -0.3 is 10.1 Å². The van der Waals surface area contributed by atoms with Crippen molar-refractivity contribution in [3.05, 3.63) is 0 Å². The molecule has 0 saturated carbocycles. The Kier molecular flexibility index (Phi) is 5.16. The van der Waals surface area contributed by atoms with Crippen molar-refractivity contribution in [1.82, 2.24) is 10.2 Å². The SMILES string of the molecule is CCCNC(CN1C(=O)C(C)C(C)C1=O)C1CCOC1. The van der Waals surface area contributed by atoms with Crippen LogP contribution in [0.2, 0.25) is 0 Å². The summed E-state index contributed by atoms with van der Waals surface area (Å²) in [6.45, 7) is 8.71. The lowest BCUT2D eigenvalue weighted by molar-refractivity contribution is -0.140. The zero-order valence-corrected chi connectivity index (χ0v) is 12.7. The molecule has 0 radical (unpaired) electrons. The van der Waals surface area contributed by atoms with Gasteiger partial charge in [0, 0.05) is 36.9 Å². The van der Waals surface area contributed by atoms with Gasteiger partial charge in [-0.15, -0.1) is 0 Å². The molecule has 0 bridgehead atoms. The van der Waals surface area contributed by atoms with Crippen molar-refractivity contribution >= 4 is 11.8 Å². The van der Waals surface area contributed by atoms with Gasteiger partial charge in [0.05, 0.1) is 6.61 Å². The summed E-state index contributed by atoms with van der Waals surface area (Å²) in [5.41, 5.74) is 0. The fraction of sp³-hybridized carbons (Fsp3) is 0.867. The van der Waals surface area contributed by atoms with Gasteiger partial charge in [-0.2, -0.15) is 0 Å². The van der Waals surface area contributed by atoms with Crippen molar-refractivity contribution in [2.24, 2.45) is 17.8 Å². The Bertz CT molecular complexity index is 346. The first-order chi connectivity index (χ1) is 9.56.